The van der Waals surface area contributed by atoms with E-state index in [1.807, 2.05) is 18.2 Å². The predicted molar refractivity (Wildman–Crippen MR) is 84.3 cm³/mol. The van der Waals surface area contributed by atoms with Crippen LogP contribution in [0, 0.1) is 0 Å². The van der Waals surface area contributed by atoms with Crippen molar-refractivity contribution >= 4 is 39.2 Å². The van der Waals surface area contributed by atoms with Gasteiger partial charge in [-0.05, 0) is 34.1 Å². The molecule has 1 aliphatic heterocycles. The Kier molecular flexibility index (Phi) is 4.80. The fraction of sp³-hybridized carbons (Fsp3) is 0.333. The number of nitrogens with zero attached hydrogens (tertiary/aromatic N) is 3. The van der Waals surface area contributed by atoms with Crippen LogP contribution >= 0.6 is 15.9 Å². The molecule has 1 fully saturated rings. The average molecular weight is 341 g/mol. The minimum Gasteiger partial charge on any atom is -0.378 e. The maximum Gasteiger partial charge on any atom is 0.223 e. The molecule has 1 aromatic rings. The average Bonchev–Trinajstić information content (AvgIpc) is 2.38. The molecule has 1 aromatic carbocycles. The highest BCUT2D eigenvalue weighted by Gasteiger charge is 2.14. The third kappa shape index (κ3) is 3.84. The summed E-state index contributed by atoms with van der Waals surface area (Å²) in [6.07, 6.45) is 0. The lowest BCUT2D eigenvalue weighted by Crippen LogP contribution is -2.36. The first-order valence-electron chi connectivity index (χ1n) is 6.12. The number of hydrogen-bond acceptors (Lipinski definition) is 3. The number of halogens is 1. The second kappa shape index (κ2) is 6.58. The summed E-state index contributed by atoms with van der Waals surface area (Å²) < 4.78 is 6.28. The first-order valence-corrected chi connectivity index (χ1v) is 6.91. The first kappa shape index (κ1) is 14.6. The Morgan fingerprint density at radius 2 is 1.90 bits per heavy atom. The van der Waals surface area contributed by atoms with Crippen molar-refractivity contribution in [1.82, 2.24) is 0 Å². The van der Waals surface area contributed by atoms with Crippen molar-refractivity contribution in [3.63, 3.8) is 0 Å². The molecule has 8 heteroatoms. The van der Waals surface area contributed by atoms with Gasteiger partial charge in [0.25, 0.3) is 0 Å². The maximum absolute atomic E-state index is 5.60. The van der Waals surface area contributed by atoms with Gasteiger partial charge in [-0.25, -0.2) is 4.99 Å². The van der Waals surface area contributed by atoms with E-state index in [-0.39, 0.29) is 11.9 Å². The smallest absolute Gasteiger partial charge is 0.223 e. The van der Waals surface area contributed by atoms with E-state index in [0.717, 1.165) is 36.5 Å². The van der Waals surface area contributed by atoms with Gasteiger partial charge in [0.2, 0.25) is 5.96 Å². The minimum atomic E-state index is -0.116. The lowest BCUT2D eigenvalue weighted by atomic mass is 10.2. The standard InChI is InChI=1S/C12H17BrN6O/c13-9-7-8(17-12(16)18-11(14)15)1-2-10(9)19-3-5-20-6-4-19/h1-2,7H,3-6H2,(H6,14,15,16,17,18). The van der Waals surface area contributed by atoms with Crippen molar-refractivity contribution in [1.29, 1.82) is 0 Å². The molecular weight excluding hydrogens is 324 g/mol. The minimum absolute atomic E-state index is 0.0241. The Morgan fingerprint density at radius 3 is 2.50 bits per heavy atom. The van der Waals surface area contributed by atoms with E-state index in [2.05, 4.69) is 30.8 Å². The Balaban J connectivity index is 2.19. The van der Waals surface area contributed by atoms with Crippen LogP contribution in [0.4, 0.5) is 11.4 Å². The lowest BCUT2D eigenvalue weighted by Gasteiger charge is -2.29. The van der Waals surface area contributed by atoms with Crippen LogP contribution in [0.1, 0.15) is 0 Å². The number of ether oxygens (including phenoxy) is 1. The SMILES string of the molecule is NC(N)=NC(N)=Nc1ccc(N2CCOCC2)c(Br)c1. The van der Waals surface area contributed by atoms with Crippen molar-refractivity contribution in [3.8, 4) is 0 Å². The van der Waals surface area contributed by atoms with E-state index < -0.39 is 0 Å². The van der Waals surface area contributed by atoms with Gasteiger partial charge in [-0.3, -0.25) is 0 Å². The molecule has 20 heavy (non-hydrogen) atoms. The number of morpholine rings is 1. The highest BCUT2D eigenvalue weighted by atomic mass is 79.9. The molecule has 0 saturated carbocycles. The van der Waals surface area contributed by atoms with Crippen LogP contribution in [0.3, 0.4) is 0 Å². The Labute approximate surface area is 125 Å². The number of guanidine groups is 2. The molecule has 0 amide bonds. The van der Waals surface area contributed by atoms with Crippen LogP contribution in [0.25, 0.3) is 0 Å². The van der Waals surface area contributed by atoms with Gasteiger partial charge >= 0.3 is 0 Å². The number of hydrogen-bond donors (Lipinski definition) is 3. The molecule has 0 aliphatic carbocycles. The van der Waals surface area contributed by atoms with Crippen molar-refractivity contribution in [2.75, 3.05) is 31.2 Å². The van der Waals surface area contributed by atoms with E-state index in [9.17, 15) is 0 Å². The molecule has 1 heterocycles. The number of benzene rings is 1. The van der Waals surface area contributed by atoms with Gasteiger partial charge in [0.15, 0.2) is 5.96 Å². The van der Waals surface area contributed by atoms with E-state index in [0.29, 0.717) is 5.69 Å². The van der Waals surface area contributed by atoms with Crippen LogP contribution in [0.15, 0.2) is 32.7 Å². The van der Waals surface area contributed by atoms with Gasteiger partial charge < -0.3 is 26.8 Å². The van der Waals surface area contributed by atoms with Crippen LogP contribution in [-0.4, -0.2) is 38.2 Å². The Morgan fingerprint density at radius 1 is 1.20 bits per heavy atom. The lowest BCUT2D eigenvalue weighted by molar-refractivity contribution is 0.122. The normalized spacial score (nSPS) is 16.1. The Bertz CT molecular complexity index is 535. The van der Waals surface area contributed by atoms with Gasteiger partial charge in [-0.15, -0.1) is 0 Å². The molecule has 0 atom stereocenters. The molecule has 1 aliphatic rings. The van der Waals surface area contributed by atoms with Crippen molar-refractivity contribution in [2.24, 2.45) is 27.2 Å². The van der Waals surface area contributed by atoms with Gasteiger partial charge in [0, 0.05) is 17.6 Å². The summed E-state index contributed by atoms with van der Waals surface area (Å²) in [6, 6.07) is 5.72. The molecule has 2 rings (SSSR count). The number of aliphatic imine (C=N–C) groups is 2. The summed E-state index contributed by atoms with van der Waals surface area (Å²) in [6.45, 7) is 3.22. The van der Waals surface area contributed by atoms with Gasteiger partial charge in [0.1, 0.15) is 0 Å². The molecule has 0 unspecified atom stereocenters. The summed E-state index contributed by atoms with van der Waals surface area (Å²) in [5.41, 5.74) is 17.9. The summed E-state index contributed by atoms with van der Waals surface area (Å²) in [5, 5.41) is 0. The van der Waals surface area contributed by atoms with Gasteiger partial charge in [-0.2, -0.15) is 4.99 Å². The van der Waals surface area contributed by atoms with Crippen molar-refractivity contribution in [3.05, 3.63) is 22.7 Å². The van der Waals surface area contributed by atoms with Crippen molar-refractivity contribution < 1.29 is 4.74 Å². The largest absolute Gasteiger partial charge is 0.378 e. The zero-order valence-corrected chi connectivity index (χ0v) is 12.5. The maximum atomic E-state index is 5.60. The molecule has 108 valence electrons. The summed E-state index contributed by atoms with van der Waals surface area (Å²) in [4.78, 5) is 10.0. The number of anilines is 1. The molecule has 0 spiro atoms. The second-order valence-corrected chi connectivity index (χ2v) is 5.10. The third-order valence-corrected chi connectivity index (χ3v) is 3.41. The van der Waals surface area contributed by atoms with E-state index >= 15 is 0 Å². The summed E-state index contributed by atoms with van der Waals surface area (Å²) in [7, 11) is 0. The van der Waals surface area contributed by atoms with Gasteiger partial charge in [0.05, 0.1) is 24.6 Å². The van der Waals surface area contributed by atoms with Crippen LogP contribution in [0.5, 0.6) is 0 Å². The van der Waals surface area contributed by atoms with E-state index in [1.165, 1.54) is 0 Å². The highest BCUT2D eigenvalue weighted by Crippen LogP contribution is 2.30. The molecule has 0 radical (unpaired) electrons. The zero-order valence-electron chi connectivity index (χ0n) is 10.9. The first-order chi connectivity index (χ1) is 9.56. The number of rotatable bonds is 2. The van der Waals surface area contributed by atoms with Gasteiger partial charge in [-0.1, -0.05) is 0 Å². The summed E-state index contributed by atoms with van der Waals surface area (Å²) >= 11 is 3.55. The topological polar surface area (TPSA) is 115 Å². The fourth-order valence-corrected chi connectivity index (χ4v) is 2.53. The molecular formula is C12H17BrN6O. The highest BCUT2D eigenvalue weighted by molar-refractivity contribution is 9.10. The van der Waals surface area contributed by atoms with E-state index in [1.54, 1.807) is 0 Å². The fourth-order valence-electron chi connectivity index (χ4n) is 1.92. The van der Waals surface area contributed by atoms with E-state index in [4.69, 9.17) is 21.9 Å². The predicted octanol–water partition coefficient (Wildman–Crippen LogP) is 0.505. The van der Waals surface area contributed by atoms with Crippen LogP contribution in [0.2, 0.25) is 0 Å². The molecule has 0 aromatic heterocycles. The third-order valence-electron chi connectivity index (χ3n) is 2.77. The molecule has 0 bridgehead atoms. The molecule has 7 nitrogen and oxygen atoms in total. The number of nitrogens with two attached hydrogens (primary N) is 3. The molecule has 1 saturated heterocycles. The van der Waals surface area contributed by atoms with Crippen LogP contribution < -0.4 is 22.1 Å². The monoisotopic (exact) mass is 340 g/mol. The zero-order chi connectivity index (χ0) is 14.5. The molecule has 6 N–H and O–H groups in total. The summed E-state index contributed by atoms with van der Waals surface area (Å²) in [5.74, 6) is -0.0914. The van der Waals surface area contributed by atoms with Crippen molar-refractivity contribution in [2.45, 2.75) is 0 Å². The quantitative estimate of drug-likeness (QED) is 0.535. The second-order valence-electron chi connectivity index (χ2n) is 4.24. The Hall–Kier alpha value is -1.80. The van der Waals surface area contributed by atoms with Crippen LogP contribution in [-0.2, 0) is 4.74 Å².